The van der Waals surface area contributed by atoms with Crippen LogP contribution in [0.3, 0.4) is 0 Å². The zero-order valence-corrected chi connectivity index (χ0v) is 32.9. The van der Waals surface area contributed by atoms with Crippen LogP contribution < -0.4 is 22.5 Å². The van der Waals surface area contributed by atoms with Crippen molar-refractivity contribution in [2.24, 2.45) is 0 Å². The number of rotatable bonds is 9. The summed E-state index contributed by atoms with van der Waals surface area (Å²) >= 11 is -3.30. The third-order valence-electron chi connectivity index (χ3n) is 10.9. The minimum absolute atomic E-state index is 0.628. The van der Waals surface area contributed by atoms with Gasteiger partial charge < -0.3 is 4.90 Å². The maximum absolute atomic E-state index is 7.46. The quantitative estimate of drug-likeness (QED) is 0.105. The first-order valence-electron chi connectivity index (χ1n) is 19.0. The van der Waals surface area contributed by atoms with E-state index in [0.717, 1.165) is 22.6 Å². The van der Waals surface area contributed by atoms with Crippen LogP contribution in [0.1, 0.15) is 0 Å². The first kappa shape index (κ1) is 34.8. The molecule has 56 heavy (non-hydrogen) atoms. The van der Waals surface area contributed by atoms with E-state index in [0.29, 0.717) is 5.69 Å². The molecule has 0 atom stereocenters. The second-order valence-electron chi connectivity index (χ2n) is 14.0. The number of nitrogens with zero attached hydrogens (tertiary/aromatic N) is 2. The Morgan fingerprint density at radius 1 is 0.339 bits per heavy atom. The molecule has 9 aromatic rings. The second-order valence-corrected chi connectivity index (χ2v) is 22.0. The fourth-order valence-electron chi connectivity index (χ4n) is 8.14. The Kier molecular flexibility index (Phi) is 9.60. The molecule has 2 nitrogen and oxygen atoms in total. The summed E-state index contributed by atoms with van der Waals surface area (Å²) in [6.45, 7) is 7.46. The molecule has 0 aromatic heterocycles. The Morgan fingerprint density at radius 2 is 0.714 bits per heavy atom. The third-order valence-corrected chi connectivity index (χ3v) is 20.9. The molecular weight excluding hydrogens is 737 g/mol. The Bertz CT molecular complexity index is 2650. The van der Waals surface area contributed by atoms with Crippen LogP contribution in [0.2, 0.25) is 0 Å². The Hall–Kier alpha value is -6.93. The van der Waals surface area contributed by atoms with Crippen LogP contribution in [0.25, 0.3) is 37.9 Å². The molecule has 0 spiro atoms. The molecule has 9 rings (SSSR count). The first-order valence-corrected chi connectivity index (χ1v) is 23.2. The van der Waals surface area contributed by atoms with Gasteiger partial charge in [0.1, 0.15) is 0 Å². The van der Waals surface area contributed by atoms with Crippen molar-refractivity contribution in [1.82, 2.24) is 0 Å². The van der Waals surface area contributed by atoms with Crippen molar-refractivity contribution < 1.29 is 0 Å². The van der Waals surface area contributed by atoms with E-state index in [1.54, 1.807) is 0 Å². The minimum atomic E-state index is -3.30. The van der Waals surface area contributed by atoms with Crippen molar-refractivity contribution in [3.8, 4) is 22.3 Å². The van der Waals surface area contributed by atoms with Crippen molar-refractivity contribution >= 4 is 64.4 Å². The van der Waals surface area contributed by atoms with Crippen LogP contribution in [0.4, 0.5) is 22.7 Å². The van der Waals surface area contributed by atoms with Gasteiger partial charge in [-0.25, -0.2) is 4.85 Å². The summed E-state index contributed by atoms with van der Waals surface area (Å²) in [6, 6.07) is 83.2. The molecule has 0 unspecified atom stereocenters. The molecule has 0 saturated carbocycles. The van der Waals surface area contributed by atoms with Gasteiger partial charge >= 0.3 is 223 Å². The van der Waals surface area contributed by atoms with E-state index < -0.39 is 13.3 Å². The van der Waals surface area contributed by atoms with Crippen LogP contribution in [-0.4, -0.2) is 13.3 Å². The van der Waals surface area contributed by atoms with Gasteiger partial charge in [0.25, 0.3) is 0 Å². The van der Waals surface area contributed by atoms with Gasteiger partial charge in [-0.2, -0.15) is 0 Å². The molecule has 0 aliphatic rings. The number of anilines is 3. The van der Waals surface area contributed by atoms with Gasteiger partial charge in [-0.3, -0.25) is 0 Å². The third kappa shape index (κ3) is 6.49. The summed E-state index contributed by atoms with van der Waals surface area (Å²) < 4.78 is 5.68. The van der Waals surface area contributed by atoms with Crippen molar-refractivity contribution in [3.05, 3.63) is 242 Å². The van der Waals surface area contributed by atoms with Crippen molar-refractivity contribution in [2.45, 2.75) is 0 Å². The van der Waals surface area contributed by atoms with E-state index in [1.807, 2.05) is 24.3 Å². The zero-order chi connectivity index (χ0) is 37.7. The van der Waals surface area contributed by atoms with E-state index >= 15 is 0 Å². The van der Waals surface area contributed by atoms with Crippen molar-refractivity contribution in [2.75, 3.05) is 4.90 Å². The number of hydrogen-bond donors (Lipinski definition) is 0. The predicted octanol–water partition coefficient (Wildman–Crippen LogP) is 11.6. The van der Waals surface area contributed by atoms with Gasteiger partial charge in [0.2, 0.25) is 0 Å². The molecule has 0 heterocycles. The molecule has 0 N–H and O–H groups in total. The standard InChI is InChI=1S/C53H38GeN2/c1-55-49-34-38-51(39-35-49)56(53-23-13-15-44-14-11-12-22-52(44)53)50-36-30-43(31-37-50)41-26-24-40(25-27-41)42-28-32-48(33-29-42)54(45-16-5-2-6-17-45,46-18-7-3-8-19-46)47-20-9-4-10-21-47/h2-39H. The molecule has 0 aliphatic heterocycles. The average molecular weight is 776 g/mol. The summed E-state index contributed by atoms with van der Waals surface area (Å²) in [5.41, 5.74) is 8.51. The van der Waals surface area contributed by atoms with E-state index in [1.165, 1.54) is 45.0 Å². The normalized spacial score (nSPS) is 11.2. The molecule has 0 fully saturated rings. The number of fused-ring (bicyclic) bond motifs is 1. The van der Waals surface area contributed by atoms with Gasteiger partial charge in [-0.05, 0) is 23.6 Å². The van der Waals surface area contributed by atoms with Gasteiger partial charge in [0, 0.05) is 11.1 Å². The molecule has 264 valence electrons. The summed E-state index contributed by atoms with van der Waals surface area (Å²) in [5, 5.41) is 2.36. The summed E-state index contributed by atoms with van der Waals surface area (Å²) in [5.74, 6) is 0. The fourth-order valence-corrected chi connectivity index (χ4v) is 18.1. The van der Waals surface area contributed by atoms with Gasteiger partial charge in [0.05, 0.1) is 12.3 Å². The SMILES string of the molecule is [C-]#[N+]c1ccc(N(c2ccc(-c3ccc(-c4cc[c]([Ge]([c]5ccccc5)([c]5ccccc5)[c]5ccccc5)cc4)cc3)cc2)c2cccc3ccccc23)cc1. The molecule has 0 amide bonds. The smallest absolute Gasteiger partial charge is 0.0540 e. The van der Waals surface area contributed by atoms with Gasteiger partial charge in [0.15, 0.2) is 5.69 Å². The molecule has 0 radical (unpaired) electrons. The van der Waals surface area contributed by atoms with E-state index in [4.69, 9.17) is 6.57 Å². The maximum Gasteiger partial charge on any atom is 0.0540 e. The fraction of sp³-hybridized carbons (Fsp3) is 0. The number of hydrogen-bond acceptors (Lipinski definition) is 1. The average Bonchev–Trinajstić information content (AvgIpc) is 3.29. The number of benzene rings is 9. The predicted molar refractivity (Wildman–Crippen MR) is 239 cm³/mol. The van der Waals surface area contributed by atoms with Crippen LogP contribution in [0.5, 0.6) is 0 Å². The maximum atomic E-state index is 7.46. The Morgan fingerprint density at radius 3 is 1.20 bits per heavy atom. The summed E-state index contributed by atoms with van der Waals surface area (Å²) in [4.78, 5) is 5.89. The topological polar surface area (TPSA) is 7.60 Å². The zero-order valence-electron chi connectivity index (χ0n) is 30.8. The molecule has 3 heteroatoms. The monoisotopic (exact) mass is 776 g/mol. The van der Waals surface area contributed by atoms with E-state index in [9.17, 15) is 0 Å². The minimum Gasteiger partial charge on any atom is -0.0616 e. The van der Waals surface area contributed by atoms with Crippen LogP contribution >= 0.6 is 0 Å². The molecule has 0 bridgehead atoms. The Labute approximate surface area is 331 Å². The van der Waals surface area contributed by atoms with Gasteiger partial charge in [-0.15, -0.1) is 0 Å². The molecule has 0 saturated heterocycles. The molecule has 0 aliphatic carbocycles. The Balaban J connectivity index is 1.04. The first-order chi connectivity index (χ1) is 27.7. The van der Waals surface area contributed by atoms with E-state index in [2.05, 4.69) is 216 Å². The summed E-state index contributed by atoms with van der Waals surface area (Å²) in [7, 11) is 0. The van der Waals surface area contributed by atoms with E-state index in [-0.39, 0.29) is 0 Å². The van der Waals surface area contributed by atoms with Crippen LogP contribution in [0, 0.1) is 6.57 Å². The largest absolute Gasteiger partial charge is 0.0616 e. The second kappa shape index (κ2) is 15.4. The van der Waals surface area contributed by atoms with Crippen LogP contribution in [0.15, 0.2) is 231 Å². The van der Waals surface area contributed by atoms with Crippen molar-refractivity contribution in [1.29, 1.82) is 0 Å². The van der Waals surface area contributed by atoms with Crippen molar-refractivity contribution in [3.63, 3.8) is 0 Å². The molecule has 9 aromatic carbocycles. The van der Waals surface area contributed by atoms with Crippen LogP contribution in [-0.2, 0) is 0 Å². The molecular formula is C53H38GeN2. The summed E-state index contributed by atoms with van der Waals surface area (Å²) in [6.07, 6.45) is 0. The van der Waals surface area contributed by atoms with Gasteiger partial charge in [-0.1, -0.05) is 48.5 Å².